The SMILES string of the molecule is CC(C)C(C(=O)Nc1ccc(C(=O)N2CCCCC2)c(Cl)c1)N1CCCC1=O. The Morgan fingerprint density at radius 1 is 1.07 bits per heavy atom. The van der Waals surface area contributed by atoms with Gasteiger partial charge in [-0.15, -0.1) is 0 Å². The standard InChI is InChI=1S/C21H28ClN3O3/c1-14(2)19(25-12-6-7-18(25)26)20(27)23-15-8-9-16(17(22)13-15)21(28)24-10-4-3-5-11-24/h8-9,13-14,19H,3-7,10-12H2,1-2H3,(H,23,27). The molecule has 2 fully saturated rings. The highest BCUT2D eigenvalue weighted by molar-refractivity contribution is 6.34. The molecular formula is C21H28ClN3O3. The molecule has 2 aliphatic heterocycles. The van der Waals surface area contributed by atoms with Crippen LogP contribution in [0.1, 0.15) is 56.3 Å². The number of rotatable bonds is 5. The summed E-state index contributed by atoms with van der Waals surface area (Å²) in [7, 11) is 0. The summed E-state index contributed by atoms with van der Waals surface area (Å²) >= 11 is 6.36. The third-order valence-electron chi connectivity index (χ3n) is 5.46. The van der Waals surface area contributed by atoms with Gasteiger partial charge in [0.1, 0.15) is 6.04 Å². The first-order valence-corrected chi connectivity index (χ1v) is 10.5. The maximum absolute atomic E-state index is 12.8. The van der Waals surface area contributed by atoms with Gasteiger partial charge >= 0.3 is 0 Å². The Labute approximate surface area is 171 Å². The van der Waals surface area contributed by atoms with Crippen molar-refractivity contribution in [3.8, 4) is 0 Å². The molecule has 0 aliphatic carbocycles. The molecular weight excluding hydrogens is 378 g/mol. The van der Waals surface area contributed by atoms with Gasteiger partial charge in [-0.1, -0.05) is 25.4 Å². The number of benzene rings is 1. The number of halogens is 1. The highest BCUT2D eigenvalue weighted by Crippen LogP contribution is 2.25. The topological polar surface area (TPSA) is 69.7 Å². The lowest BCUT2D eigenvalue weighted by molar-refractivity contribution is -0.136. The molecule has 0 saturated carbocycles. The molecule has 1 atom stereocenters. The van der Waals surface area contributed by atoms with Gasteiger partial charge in [0, 0.05) is 31.7 Å². The van der Waals surface area contributed by atoms with E-state index < -0.39 is 6.04 Å². The zero-order chi connectivity index (χ0) is 20.3. The van der Waals surface area contributed by atoms with E-state index in [-0.39, 0.29) is 23.6 Å². The van der Waals surface area contributed by atoms with Gasteiger partial charge in [0.25, 0.3) is 5.91 Å². The molecule has 0 bridgehead atoms. The van der Waals surface area contributed by atoms with E-state index in [0.29, 0.717) is 29.2 Å². The second-order valence-electron chi connectivity index (χ2n) is 7.92. The Morgan fingerprint density at radius 3 is 2.36 bits per heavy atom. The van der Waals surface area contributed by atoms with Crippen LogP contribution in [-0.2, 0) is 9.59 Å². The average Bonchev–Trinajstić information content (AvgIpc) is 3.07. The van der Waals surface area contributed by atoms with Gasteiger partial charge in [-0.25, -0.2) is 0 Å². The van der Waals surface area contributed by atoms with Crippen LogP contribution in [0.2, 0.25) is 5.02 Å². The molecule has 1 aromatic carbocycles. The van der Waals surface area contributed by atoms with E-state index in [0.717, 1.165) is 38.8 Å². The van der Waals surface area contributed by atoms with Crippen molar-refractivity contribution >= 4 is 35.0 Å². The van der Waals surface area contributed by atoms with Crippen molar-refractivity contribution in [2.75, 3.05) is 25.0 Å². The average molecular weight is 406 g/mol. The predicted molar refractivity (Wildman–Crippen MR) is 109 cm³/mol. The molecule has 1 aromatic rings. The molecule has 3 rings (SSSR count). The van der Waals surface area contributed by atoms with Crippen molar-refractivity contribution in [1.82, 2.24) is 9.80 Å². The Balaban J connectivity index is 1.71. The number of hydrogen-bond acceptors (Lipinski definition) is 3. The molecule has 3 amide bonds. The molecule has 28 heavy (non-hydrogen) atoms. The Morgan fingerprint density at radius 2 is 1.79 bits per heavy atom. The van der Waals surface area contributed by atoms with Crippen LogP contribution in [0.4, 0.5) is 5.69 Å². The van der Waals surface area contributed by atoms with Crippen molar-refractivity contribution in [2.45, 2.75) is 52.0 Å². The van der Waals surface area contributed by atoms with Crippen LogP contribution in [0.25, 0.3) is 0 Å². The van der Waals surface area contributed by atoms with Crippen LogP contribution in [0.15, 0.2) is 18.2 Å². The Hall–Kier alpha value is -2.08. The minimum absolute atomic E-state index is 0.00234. The van der Waals surface area contributed by atoms with Gasteiger partial charge in [0.2, 0.25) is 11.8 Å². The van der Waals surface area contributed by atoms with Gasteiger partial charge in [0.15, 0.2) is 0 Å². The summed E-state index contributed by atoms with van der Waals surface area (Å²) < 4.78 is 0. The lowest BCUT2D eigenvalue weighted by atomic mass is 10.0. The minimum Gasteiger partial charge on any atom is -0.339 e. The summed E-state index contributed by atoms with van der Waals surface area (Å²) in [5.74, 6) is -0.270. The van der Waals surface area contributed by atoms with Crippen molar-refractivity contribution in [2.24, 2.45) is 5.92 Å². The highest BCUT2D eigenvalue weighted by atomic mass is 35.5. The molecule has 1 N–H and O–H groups in total. The number of carbonyl (C=O) groups is 3. The van der Waals surface area contributed by atoms with Crippen LogP contribution < -0.4 is 5.32 Å². The third-order valence-corrected chi connectivity index (χ3v) is 5.77. The number of amides is 3. The molecule has 0 spiro atoms. The fraction of sp³-hybridized carbons (Fsp3) is 0.571. The third kappa shape index (κ3) is 4.49. The van der Waals surface area contributed by atoms with Crippen LogP contribution in [0.5, 0.6) is 0 Å². The molecule has 6 nitrogen and oxygen atoms in total. The Bertz CT molecular complexity index is 759. The number of carbonyl (C=O) groups excluding carboxylic acids is 3. The van der Waals surface area contributed by atoms with Crippen LogP contribution >= 0.6 is 11.6 Å². The zero-order valence-corrected chi connectivity index (χ0v) is 17.3. The molecule has 2 aliphatic rings. The van der Waals surface area contributed by atoms with E-state index in [9.17, 15) is 14.4 Å². The number of nitrogens with zero attached hydrogens (tertiary/aromatic N) is 2. The normalized spacial score (nSPS) is 18.5. The lowest BCUT2D eigenvalue weighted by Gasteiger charge is -2.30. The molecule has 152 valence electrons. The van der Waals surface area contributed by atoms with Crippen molar-refractivity contribution in [3.63, 3.8) is 0 Å². The fourth-order valence-electron chi connectivity index (χ4n) is 4.02. The molecule has 2 saturated heterocycles. The van der Waals surface area contributed by atoms with Gasteiger partial charge < -0.3 is 15.1 Å². The Kier molecular flexibility index (Phi) is 6.60. The van der Waals surface area contributed by atoms with Crippen molar-refractivity contribution < 1.29 is 14.4 Å². The maximum Gasteiger partial charge on any atom is 0.255 e. The van der Waals surface area contributed by atoms with E-state index in [1.807, 2.05) is 18.7 Å². The van der Waals surface area contributed by atoms with Gasteiger partial charge in [-0.3, -0.25) is 14.4 Å². The van der Waals surface area contributed by atoms with E-state index in [4.69, 9.17) is 11.6 Å². The highest BCUT2D eigenvalue weighted by Gasteiger charge is 2.35. The number of anilines is 1. The van der Waals surface area contributed by atoms with Crippen molar-refractivity contribution in [3.05, 3.63) is 28.8 Å². The smallest absolute Gasteiger partial charge is 0.255 e. The van der Waals surface area contributed by atoms with Crippen LogP contribution in [0.3, 0.4) is 0 Å². The lowest BCUT2D eigenvalue weighted by Crippen LogP contribution is -2.47. The monoisotopic (exact) mass is 405 g/mol. The first-order chi connectivity index (χ1) is 13.4. The summed E-state index contributed by atoms with van der Waals surface area (Å²) in [6.45, 7) is 5.99. The second kappa shape index (κ2) is 8.95. The van der Waals surface area contributed by atoms with Crippen LogP contribution in [0, 0.1) is 5.92 Å². The van der Waals surface area contributed by atoms with Crippen LogP contribution in [-0.4, -0.2) is 53.2 Å². The first kappa shape index (κ1) is 20.6. The van der Waals surface area contributed by atoms with Gasteiger partial charge in [0.05, 0.1) is 10.6 Å². The number of piperidine rings is 1. The van der Waals surface area contributed by atoms with Gasteiger partial charge in [-0.05, 0) is 49.8 Å². The minimum atomic E-state index is -0.511. The number of hydrogen-bond donors (Lipinski definition) is 1. The predicted octanol–water partition coefficient (Wildman–Crippen LogP) is 3.55. The fourth-order valence-corrected chi connectivity index (χ4v) is 4.28. The summed E-state index contributed by atoms with van der Waals surface area (Å²) in [6.07, 6.45) is 4.47. The largest absolute Gasteiger partial charge is 0.339 e. The van der Waals surface area contributed by atoms with Gasteiger partial charge in [-0.2, -0.15) is 0 Å². The number of nitrogens with one attached hydrogen (secondary N) is 1. The molecule has 0 aromatic heterocycles. The number of likely N-dealkylation sites (tertiary alicyclic amines) is 2. The molecule has 2 heterocycles. The van der Waals surface area contributed by atoms with E-state index in [1.165, 1.54) is 0 Å². The summed E-state index contributed by atoms with van der Waals surface area (Å²) in [5, 5.41) is 3.19. The van der Waals surface area contributed by atoms with E-state index in [2.05, 4.69) is 5.32 Å². The van der Waals surface area contributed by atoms with Crippen molar-refractivity contribution in [1.29, 1.82) is 0 Å². The quantitative estimate of drug-likeness (QED) is 0.814. The molecule has 1 unspecified atom stereocenters. The van der Waals surface area contributed by atoms with E-state index >= 15 is 0 Å². The second-order valence-corrected chi connectivity index (χ2v) is 8.32. The summed E-state index contributed by atoms with van der Waals surface area (Å²) in [5.41, 5.74) is 0.985. The maximum atomic E-state index is 12.8. The zero-order valence-electron chi connectivity index (χ0n) is 16.5. The van der Waals surface area contributed by atoms with E-state index in [1.54, 1.807) is 23.1 Å². The summed E-state index contributed by atoms with van der Waals surface area (Å²) in [4.78, 5) is 41.1. The molecule has 0 radical (unpaired) electrons. The summed E-state index contributed by atoms with van der Waals surface area (Å²) in [6, 6.07) is 4.47. The first-order valence-electron chi connectivity index (χ1n) is 10.1. The molecule has 7 heteroatoms.